The smallest absolute Gasteiger partial charge is 0.555 e. The monoisotopic (exact) mass is 139 g/mol. The average molecular weight is 139 g/mol. The molecule has 0 aliphatic rings. The molecule has 9 heavy (non-hydrogen) atoms. The Morgan fingerprint density at radius 3 is 3.00 bits per heavy atom. The summed E-state index contributed by atoms with van der Waals surface area (Å²) < 4.78 is 34.2. The summed E-state index contributed by atoms with van der Waals surface area (Å²) >= 11 is 0. The maximum Gasteiger partial charge on any atom is 0.555 e. The molecule has 0 heterocycles. The number of aliphatic hydroxyl groups excluding tert-OH is 1. The number of aliphatic hydroxyl groups is 1. The fourth-order valence-corrected chi connectivity index (χ4v) is 0.398. The second-order valence-corrected chi connectivity index (χ2v) is 2.02. The van der Waals surface area contributed by atoms with Gasteiger partial charge in [0.25, 0.3) is 5.76 Å². The van der Waals surface area contributed by atoms with E-state index in [1.165, 1.54) is 0 Å². The summed E-state index contributed by atoms with van der Waals surface area (Å²) in [5.74, 6) is 0.0667. The van der Waals surface area contributed by atoms with E-state index in [0.717, 1.165) is 10.2 Å². The molecule has 0 amide bonds. The van der Waals surface area contributed by atoms with Crippen LogP contribution in [0.5, 0.6) is 0 Å². The van der Waals surface area contributed by atoms with Crippen LogP contribution in [0.25, 0.3) is 0 Å². The van der Waals surface area contributed by atoms with Gasteiger partial charge in [-0.15, -0.1) is 0 Å². The van der Waals surface area contributed by atoms with Crippen LogP contribution in [0, 0.1) is 0 Å². The lowest BCUT2D eigenvalue weighted by atomic mass is 10.2. The van der Waals surface area contributed by atoms with E-state index in [4.69, 9.17) is 7.16 Å². The minimum Gasteiger partial charge on any atom is -0.594 e. The summed E-state index contributed by atoms with van der Waals surface area (Å²) in [6.45, 7) is 3.01. The minimum atomic E-state index is -1.00. The van der Waals surface area contributed by atoms with Crippen molar-refractivity contribution in [2.24, 2.45) is 0 Å². The molecule has 0 saturated carbocycles. The number of allylic oxidation sites excluding steroid dienone is 1. The zero-order chi connectivity index (χ0) is 11.3. The molecule has 3 nitrogen and oxygen atoms in total. The molecule has 0 saturated heterocycles. The molecule has 0 rings (SSSR count). The Balaban J connectivity index is 4.70. The number of hydrogen-bond acceptors (Lipinski definition) is 1. The number of hydrogen-bond donors (Lipinski definition) is 1. The molecule has 0 aliphatic carbocycles. The molecule has 0 aromatic rings. The second-order valence-electron chi connectivity index (χ2n) is 2.02. The Morgan fingerprint density at radius 2 is 2.67 bits per heavy atom. The van der Waals surface area contributed by atoms with E-state index >= 15 is 0 Å². The quantitative estimate of drug-likeness (QED) is 0.389. The highest BCUT2D eigenvalue weighted by Crippen LogP contribution is 2.03. The molecule has 0 aliphatic heterocycles. The third kappa shape index (κ3) is 2.49. The van der Waals surface area contributed by atoms with E-state index in [2.05, 4.69) is 5.11 Å². The van der Waals surface area contributed by atoms with Crippen molar-refractivity contribution < 1.29 is 15.3 Å². The van der Waals surface area contributed by atoms with E-state index in [-0.39, 0.29) is 12.4 Å². The van der Waals surface area contributed by atoms with Crippen LogP contribution in [0.3, 0.4) is 0 Å². The van der Waals surface area contributed by atoms with Gasteiger partial charge in [-0.1, -0.05) is 0 Å². The highest BCUT2D eigenvalue weighted by Gasteiger charge is 2.16. The third-order valence-corrected chi connectivity index (χ3v) is 0.937. The average Bonchev–Trinajstić information content (AvgIpc) is 2.00. The lowest BCUT2D eigenvalue weighted by Gasteiger charge is -2.00. The van der Waals surface area contributed by atoms with E-state index in [1.807, 2.05) is 0 Å². The Bertz CT molecular complexity index is 202. The van der Waals surface area contributed by atoms with Gasteiger partial charge in [-0.25, -0.2) is 0 Å². The molecule has 0 aromatic heterocycles. The molecule has 1 atom stereocenters. The molecule has 0 fully saturated rings. The first-order valence-corrected chi connectivity index (χ1v) is 2.68. The maximum absolute atomic E-state index is 6.99. The van der Waals surface area contributed by atoms with Crippen molar-refractivity contribution >= 4 is 0 Å². The van der Waals surface area contributed by atoms with Crippen LogP contribution >= 0.6 is 0 Å². The van der Waals surface area contributed by atoms with Gasteiger partial charge in [0.1, 0.15) is 0 Å². The van der Waals surface area contributed by atoms with Crippen molar-refractivity contribution in [1.29, 1.82) is 7.16 Å². The van der Waals surface area contributed by atoms with E-state index in [0.29, 0.717) is 5.57 Å². The molecule has 0 radical (unpaired) electrons. The summed E-state index contributed by atoms with van der Waals surface area (Å²) in [6.07, 6.45) is -1.00. The van der Waals surface area contributed by atoms with Gasteiger partial charge in [0.05, 0.1) is 0 Å². The van der Waals surface area contributed by atoms with Gasteiger partial charge < -0.3 is 15.3 Å². The zero-order valence-electron chi connectivity index (χ0n) is 10.5. The van der Waals surface area contributed by atoms with Crippen LogP contribution in [0.4, 0.5) is 0 Å². The van der Waals surface area contributed by atoms with Gasteiger partial charge >= 0.3 is 5.72 Å². The topological polar surface area (TPSA) is 66.0 Å². The lowest BCUT2D eigenvalue weighted by Crippen LogP contribution is -2.15. The maximum atomic E-state index is 6.99. The fourth-order valence-electron chi connectivity index (χ4n) is 0.398. The van der Waals surface area contributed by atoms with E-state index < -0.39 is 6.10 Å². The largest absolute Gasteiger partial charge is 0.594 e. The Hall–Kier alpha value is -0.540. The Morgan fingerprint density at radius 1 is 1.89 bits per heavy atom. The van der Waals surface area contributed by atoms with Crippen LogP contribution in [0.2, 0.25) is 0 Å². The van der Waals surface area contributed by atoms with Gasteiger partial charge in [0.15, 0.2) is 6.61 Å². The summed E-state index contributed by atoms with van der Waals surface area (Å²) in [4.78, 5) is 0. The molecule has 0 spiro atoms. The minimum absolute atomic E-state index is 0.0667. The molecule has 0 aromatic carbocycles. The summed E-state index contributed by atoms with van der Waals surface area (Å²) in [7, 11) is 0. The van der Waals surface area contributed by atoms with Crippen LogP contribution in [-0.2, 0) is 0 Å². The summed E-state index contributed by atoms with van der Waals surface area (Å²) in [5.41, 5.74) is 0.597. The van der Waals surface area contributed by atoms with Crippen LogP contribution < -0.4 is 0 Å². The van der Waals surface area contributed by atoms with Crippen molar-refractivity contribution in [3.63, 3.8) is 0 Å². The van der Waals surface area contributed by atoms with E-state index in [1.54, 1.807) is 13.8 Å². The third-order valence-electron chi connectivity index (χ3n) is 0.937. The van der Waals surface area contributed by atoms with Crippen molar-refractivity contribution in [3.05, 3.63) is 11.3 Å². The van der Waals surface area contributed by atoms with Crippen molar-refractivity contribution in [3.8, 4) is 0 Å². The summed E-state index contributed by atoms with van der Waals surface area (Å²) in [5, 5.41) is 6.43. The Kier molecular flexibility index (Phi) is 1.17. The summed E-state index contributed by atoms with van der Waals surface area (Å²) in [6, 6.07) is 0. The SMILES string of the molecule is [2H]OC(C[O+]([2H])[2H])C(=C(C)C)[O+]([2H])[2H]. The fraction of sp³-hybridized carbons (Fsp3) is 0.667. The predicted octanol–water partition coefficient (Wildman–Crippen LogP) is -0.910. The second kappa shape index (κ2) is 3.48. The highest BCUT2D eigenvalue weighted by molar-refractivity contribution is 5.05. The van der Waals surface area contributed by atoms with Gasteiger partial charge in [-0.2, -0.15) is 0 Å². The predicted molar refractivity (Wildman–Crippen MR) is 36.5 cm³/mol. The molecule has 54 valence electrons. The van der Waals surface area contributed by atoms with Crippen LogP contribution in [0.1, 0.15) is 13.8 Å². The van der Waals surface area contributed by atoms with Crippen LogP contribution in [-0.4, -0.2) is 35.2 Å². The molecule has 3 heteroatoms. The van der Waals surface area contributed by atoms with Gasteiger partial charge in [0.2, 0.25) is 7.54 Å². The van der Waals surface area contributed by atoms with Crippen molar-refractivity contribution in [2.75, 3.05) is 6.61 Å². The lowest BCUT2D eigenvalue weighted by molar-refractivity contribution is 0.0856. The standard InChI is InChI=1S/C6H12O3/c1-4(2)6(9)5(8)3-7/h5,7-9H,3H2,1-2H3/p+2/i7D,8D/hD3. The normalized spacial score (nSPS) is 20.6. The van der Waals surface area contributed by atoms with Gasteiger partial charge in [0, 0.05) is 5.57 Å². The van der Waals surface area contributed by atoms with Gasteiger partial charge in [-0.05, 0) is 13.8 Å². The van der Waals surface area contributed by atoms with E-state index in [9.17, 15) is 0 Å². The molecular weight excluding hydrogens is 120 g/mol. The molecule has 1 unspecified atom stereocenters. The first-order chi connectivity index (χ1) is 6.40. The van der Waals surface area contributed by atoms with Crippen molar-refractivity contribution in [2.45, 2.75) is 20.0 Å². The van der Waals surface area contributed by atoms with Gasteiger partial charge in [-0.3, -0.25) is 0 Å². The number of rotatable bonds is 5. The molecule has 0 bridgehead atoms. The zero-order valence-corrected chi connectivity index (χ0v) is 5.51. The van der Waals surface area contributed by atoms with Crippen LogP contribution in [0.15, 0.2) is 11.3 Å². The Labute approximate surface area is 61.7 Å². The molecular formula is C6H14O3+2. The molecule has 5 N–H and O–H groups in total. The first kappa shape index (κ1) is 3.03. The highest BCUT2D eigenvalue weighted by atomic mass is 16.3. The van der Waals surface area contributed by atoms with Crippen molar-refractivity contribution in [1.82, 2.24) is 0 Å². The first-order valence-electron chi connectivity index (χ1n) is 4.72.